The number of nitrogens with two attached hydrogens (primary N) is 1. The van der Waals surface area contributed by atoms with Gasteiger partial charge in [0.1, 0.15) is 11.4 Å². The zero-order valence-electron chi connectivity index (χ0n) is 18.3. The summed E-state index contributed by atoms with van der Waals surface area (Å²) < 4.78 is 15.7. The number of hydrogen-bond donors (Lipinski definition) is 2. The lowest BCUT2D eigenvalue weighted by Crippen LogP contribution is -2.29. The van der Waals surface area contributed by atoms with Crippen molar-refractivity contribution in [1.82, 2.24) is 39.9 Å². The second kappa shape index (κ2) is 8.26. The smallest absolute Gasteiger partial charge is 0.205 e. The third kappa shape index (κ3) is 3.53. The molecule has 0 bridgehead atoms. The van der Waals surface area contributed by atoms with Crippen molar-refractivity contribution in [2.75, 3.05) is 18.8 Å². The van der Waals surface area contributed by atoms with E-state index in [1.165, 1.54) is 0 Å². The Morgan fingerprint density at radius 3 is 2.94 bits per heavy atom. The van der Waals surface area contributed by atoms with Crippen LogP contribution in [0.4, 0.5) is 5.82 Å². The number of nitrogens with one attached hydrogen (secondary N) is 1. The van der Waals surface area contributed by atoms with Crippen LogP contribution in [0.25, 0.3) is 27.7 Å². The topological polar surface area (TPSA) is 134 Å². The van der Waals surface area contributed by atoms with Crippen LogP contribution in [0.15, 0.2) is 41.4 Å². The Bertz CT molecular complexity index is 1480. The van der Waals surface area contributed by atoms with E-state index in [-0.39, 0.29) is 5.82 Å². The van der Waals surface area contributed by atoms with Crippen molar-refractivity contribution in [3.05, 3.63) is 48.0 Å². The molecule has 5 aromatic heterocycles. The van der Waals surface area contributed by atoms with Crippen molar-refractivity contribution in [3.63, 3.8) is 0 Å². The number of ether oxygens (including phenoxy) is 1. The molecule has 12 heteroatoms. The van der Waals surface area contributed by atoms with Gasteiger partial charge in [0, 0.05) is 23.5 Å². The monoisotopic (exact) mass is 479 g/mol. The molecule has 0 radical (unpaired) electrons. The van der Waals surface area contributed by atoms with Gasteiger partial charge in [0.05, 0.1) is 17.6 Å². The van der Waals surface area contributed by atoms with Crippen LogP contribution in [0.2, 0.25) is 5.15 Å². The third-order valence-corrected chi connectivity index (χ3v) is 6.31. The number of anilines is 1. The minimum absolute atomic E-state index is 0.213. The molecule has 174 valence electrons. The number of fused-ring (bicyclic) bond motifs is 2. The molecule has 1 atom stereocenters. The van der Waals surface area contributed by atoms with Crippen LogP contribution in [0.1, 0.15) is 37.7 Å². The van der Waals surface area contributed by atoms with Gasteiger partial charge in [0.25, 0.3) is 0 Å². The van der Waals surface area contributed by atoms with Gasteiger partial charge in [-0.05, 0) is 45.0 Å². The van der Waals surface area contributed by atoms with E-state index in [1.54, 1.807) is 29.1 Å². The number of pyridine rings is 1. The Kier molecular flexibility index (Phi) is 5.07. The quantitative estimate of drug-likeness (QED) is 0.388. The molecule has 6 heterocycles. The summed E-state index contributed by atoms with van der Waals surface area (Å²) in [6.45, 7) is 3.82. The third-order valence-electron chi connectivity index (χ3n) is 6.11. The summed E-state index contributed by atoms with van der Waals surface area (Å²) in [4.78, 5) is 4.35. The van der Waals surface area contributed by atoms with Crippen LogP contribution in [0.3, 0.4) is 0 Å². The molecule has 5 aromatic rings. The summed E-state index contributed by atoms with van der Waals surface area (Å²) >= 11 is 6.04. The first-order valence-electron chi connectivity index (χ1n) is 11.0. The average Bonchev–Trinajstić information content (AvgIpc) is 3.59. The number of halogens is 1. The summed E-state index contributed by atoms with van der Waals surface area (Å²) in [5.74, 6) is 1.02. The van der Waals surface area contributed by atoms with E-state index in [2.05, 4.69) is 36.9 Å². The zero-order valence-corrected chi connectivity index (χ0v) is 19.1. The van der Waals surface area contributed by atoms with E-state index in [0.717, 1.165) is 42.4 Å². The van der Waals surface area contributed by atoms with Crippen LogP contribution in [-0.2, 0) is 0 Å². The highest BCUT2D eigenvalue weighted by Gasteiger charge is 2.23. The normalized spacial score (nSPS) is 15.8. The predicted molar refractivity (Wildman–Crippen MR) is 126 cm³/mol. The SMILES string of the molecule is C[C@H](Oc1c(N)ncc2c(-c3cnn(C4CCNCC4)c3)coc12)c1nnc2ccc(Cl)nn12. The van der Waals surface area contributed by atoms with Crippen LogP contribution in [0, 0.1) is 0 Å². The molecule has 3 N–H and O–H groups in total. The van der Waals surface area contributed by atoms with E-state index < -0.39 is 6.10 Å². The van der Waals surface area contributed by atoms with Gasteiger partial charge in [-0.2, -0.15) is 14.7 Å². The Morgan fingerprint density at radius 2 is 2.09 bits per heavy atom. The molecule has 11 nitrogen and oxygen atoms in total. The number of rotatable bonds is 5. The van der Waals surface area contributed by atoms with Crippen molar-refractivity contribution >= 4 is 34.0 Å². The summed E-state index contributed by atoms with van der Waals surface area (Å²) in [6, 6.07) is 3.78. The lowest BCUT2D eigenvalue weighted by molar-refractivity contribution is 0.214. The van der Waals surface area contributed by atoms with E-state index in [4.69, 9.17) is 26.5 Å². The Hall–Kier alpha value is -3.70. The molecule has 0 unspecified atom stereocenters. The van der Waals surface area contributed by atoms with Crippen LogP contribution >= 0.6 is 11.6 Å². The number of aromatic nitrogens is 7. The molecule has 0 aromatic carbocycles. The fourth-order valence-corrected chi connectivity index (χ4v) is 4.47. The summed E-state index contributed by atoms with van der Waals surface area (Å²) in [5.41, 5.74) is 9.07. The van der Waals surface area contributed by atoms with Gasteiger partial charge in [-0.3, -0.25) is 4.68 Å². The number of nitrogens with zero attached hydrogens (tertiary/aromatic N) is 7. The van der Waals surface area contributed by atoms with E-state index in [1.807, 2.05) is 17.8 Å². The van der Waals surface area contributed by atoms with E-state index >= 15 is 0 Å². The summed E-state index contributed by atoms with van der Waals surface area (Å²) in [6.07, 6.45) is 8.84. The highest BCUT2D eigenvalue weighted by atomic mass is 35.5. The fraction of sp³-hybridized carbons (Fsp3) is 0.318. The minimum atomic E-state index is -0.549. The maximum absolute atomic E-state index is 6.18. The molecule has 1 fully saturated rings. The molecule has 1 aliphatic heterocycles. The highest BCUT2D eigenvalue weighted by molar-refractivity contribution is 6.29. The number of furan rings is 1. The minimum Gasteiger partial charge on any atom is -0.475 e. The number of piperidine rings is 1. The Morgan fingerprint density at radius 1 is 1.24 bits per heavy atom. The number of hydrogen-bond acceptors (Lipinski definition) is 9. The molecule has 0 saturated carbocycles. The first-order valence-corrected chi connectivity index (χ1v) is 11.4. The van der Waals surface area contributed by atoms with Crippen molar-refractivity contribution in [3.8, 4) is 16.9 Å². The molecular formula is C22H22ClN9O2. The molecule has 0 aliphatic carbocycles. The van der Waals surface area contributed by atoms with Crippen molar-refractivity contribution in [2.24, 2.45) is 0 Å². The second-order valence-electron chi connectivity index (χ2n) is 8.30. The maximum atomic E-state index is 6.18. The molecule has 0 amide bonds. The fourth-order valence-electron chi connectivity index (χ4n) is 4.33. The molecule has 34 heavy (non-hydrogen) atoms. The van der Waals surface area contributed by atoms with Crippen LogP contribution < -0.4 is 15.8 Å². The molecule has 0 spiro atoms. The van der Waals surface area contributed by atoms with Gasteiger partial charge >= 0.3 is 0 Å². The second-order valence-corrected chi connectivity index (χ2v) is 8.69. The van der Waals surface area contributed by atoms with Crippen molar-refractivity contribution in [2.45, 2.75) is 31.9 Å². The van der Waals surface area contributed by atoms with Crippen LogP contribution in [0.5, 0.6) is 5.75 Å². The molecular weight excluding hydrogens is 458 g/mol. The van der Waals surface area contributed by atoms with Gasteiger partial charge in [-0.15, -0.1) is 10.2 Å². The molecule has 6 rings (SSSR count). The van der Waals surface area contributed by atoms with Crippen molar-refractivity contribution < 1.29 is 9.15 Å². The Balaban J connectivity index is 1.34. The van der Waals surface area contributed by atoms with Gasteiger partial charge in [0.2, 0.25) is 5.75 Å². The van der Waals surface area contributed by atoms with Gasteiger partial charge in [0.15, 0.2) is 29.0 Å². The van der Waals surface area contributed by atoms with E-state index in [0.29, 0.717) is 34.0 Å². The summed E-state index contributed by atoms with van der Waals surface area (Å²) in [7, 11) is 0. The van der Waals surface area contributed by atoms with Gasteiger partial charge < -0.3 is 20.2 Å². The lowest BCUT2D eigenvalue weighted by atomic mass is 10.1. The van der Waals surface area contributed by atoms with Gasteiger partial charge in [-0.1, -0.05) is 11.6 Å². The summed E-state index contributed by atoms with van der Waals surface area (Å²) in [5, 5.41) is 21.7. The first-order chi connectivity index (χ1) is 16.6. The first kappa shape index (κ1) is 20.9. The zero-order chi connectivity index (χ0) is 23.2. The largest absolute Gasteiger partial charge is 0.475 e. The Labute approximate surface area is 198 Å². The molecule has 1 saturated heterocycles. The number of nitrogen functional groups attached to an aromatic ring is 1. The lowest BCUT2D eigenvalue weighted by Gasteiger charge is -2.22. The standard InChI is InChI=1S/C22H22ClN9O2/c1-12(22-29-28-18-3-2-17(23)30-32(18)22)34-20-19-15(9-26-21(20)24)16(11-33-19)13-8-27-31(10-13)14-4-6-25-7-5-14/h2-3,8-12,14,25H,4-7H2,1H3,(H2,24,26)/t12-/m0/s1. The van der Waals surface area contributed by atoms with Crippen LogP contribution in [-0.4, -0.2) is 47.7 Å². The van der Waals surface area contributed by atoms with E-state index in [9.17, 15) is 0 Å². The van der Waals surface area contributed by atoms with Gasteiger partial charge in [-0.25, -0.2) is 4.98 Å². The average molecular weight is 480 g/mol. The molecule has 1 aliphatic rings. The highest BCUT2D eigenvalue weighted by Crippen LogP contribution is 2.39. The maximum Gasteiger partial charge on any atom is 0.205 e. The van der Waals surface area contributed by atoms with Crippen molar-refractivity contribution in [1.29, 1.82) is 0 Å². The predicted octanol–water partition coefficient (Wildman–Crippen LogP) is 3.43.